The molecule has 0 aliphatic carbocycles. The van der Waals surface area contributed by atoms with Gasteiger partial charge in [-0.2, -0.15) is 0 Å². The molecule has 2 aliphatic rings. The highest BCUT2D eigenvalue weighted by atomic mass is 127. The Bertz CT molecular complexity index is 443. The molecule has 3 heterocycles. The quantitative estimate of drug-likeness (QED) is 0.470. The first-order chi connectivity index (χ1) is 9.31. The largest absolute Gasteiger partial charge is 0.381 e. The van der Waals surface area contributed by atoms with Crippen LogP contribution in [-0.2, 0) is 11.3 Å². The number of hydrogen-bond acceptors (Lipinski definition) is 4. The average molecular weight is 392 g/mol. The van der Waals surface area contributed by atoms with Crippen molar-refractivity contribution in [2.45, 2.75) is 19.4 Å². The van der Waals surface area contributed by atoms with Crippen molar-refractivity contribution in [3.05, 3.63) is 18.0 Å². The van der Waals surface area contributed by atoms with Gasteiger partial charge in [-0.05, 0) is 12.8 Å². The first kappa shape index (κ1) is 15.6. The predicted molar refractivity (Wildman–Crippen MR) is 86.2 cm³/mol. The molecule has 2 aliphatic heterocycles. The molecular formula is C13H21IN4O2. The van der Waals surface area contributed by atoms with Crippen LogP contribution in [0.2, 0.25) is 0 Å². The second-order valence-corrected chi connectivity index (χ2v) is 5.37. The average Bonchev–Trinajstić information content (AvgIpc) is 3.15. The molecule has 1 unspecified atom stereocenters. The molecule has 1 spiro atoms. The van der Waals surface area contributed by atoms with Gasteiger partial charge >= 0.3 is 0 Å². The van der Waals surface area contributed by atoms with E-state index in [0.717, 1.165) is 38.0 Å². The number of nitrogens with zero attached hydrogens (tertiary/aromatic N) is 3. The topological polar surface area (TPSA) is 62.9 Å². The van der Waals surface area contributed by atoms with Crippen LogP contribution in [0.4, 0.5) is 0 Å². The Morgan fingerprint density at radius 3 is 3.10 bits per heavy atom. The second-order valence-electron chi connectivity index (χ2n) is 5.37. The summed E-state index contributed by atoms with van der Waals surface area (Å²) in [6.45, 7) is 4.51. The molecule has 7 heteroatoms. The van der Waals surface area contributed by atoms with Crippen molar-refractivity contribution < 1.29 is 9.26 Å². The normalized spacial score (nSPS) is 26.1. The van der Waals surface area contributed by atoms with Gasteiger partial charge in [-0.3, -0.25) is 4.99 Å². The zero-order chi connectivity index (χ0) is 13.1. The summed E-state index contributed by atoms with van der Waals surface area (Å²) in [5.74, 6) is 0.937. The second kappa shape index (κ2) is 6.75. The van der Waals surface area contributed by atoms with Crippen LogP contribution in [0.3, 0.4) is 0 Å². The van der Waals surface area contributed by atoms with Gasteiger partial charge in [-0.1, -0.05) is 5.16 Å². The summed E-state index contributed by atoms with van der Waals surface area (Å²) in [4.78, 5) is 6.67. The summed E-state index contributed by atoms with van der Waals surface area (Å²) in [6, 6.07) is 1.86. The summed E-state index contributed by atoms with van der Waals surface area (Å²) in [5.41, 5.74) is 1.24. The molecule has 0 amide bonds. The first-order valence-electron chi connectivity index (χ1n) is 6.74. The third kappa shape index (κ3) is 3.25. The summed E-state index contributed by atoms with van der Waals surface area (Å²) < 4.78 is 10.4. The summed E-state index contributed by atoms with van der Waals surface area (Å²) >= 11 is 0. The summed E-state index contributed by atoms with van der Waals surface area (Å²) in [5, 5.41) is 7.22. The number of hydrogen-bond donors (Lipinski definition) is 1. The Hall–Kier alpha value is -0.830. The lowest BCUT2D eigenvalue weighted by molar-refractivity contribution is 0.156. The maximum Gasteiger partial charge on any atom is 0.193 e. The van der Waals surface area contributed by atoms with Crippen LogP contribution in [0, 0.1) is 5.41 Å². The SMILES string of the molecule is CN=C(NCc1ccon1)N1CCC2(CCOC2)C1.I. The number of guanidine groups is 1. The summed E-state index contributed by atoms with van der Waals surface area (Å²) in [6.07, 6.45) is 3.95. The van der Waals surface area contributed by atoms with E-state index >= 15 is 0 Å². The van der Waals surface area contributed by atoms with E-state index in [9.17, 15) is 0 Å². The van der Waals surface area contributed by atoms with Gasteiger partial charge < -0.3 is 19.5 Å². The van der Waals surface area contributed by atoms with Gasteiger partial charge in [0.25, 0.3) is 0 Å². The summed E-state index contributed by atoms with van der Waals surface area (Å²) in [7, 11) is 1.82. The number of rotatable bonds is 2. The number of aliphatic imine (C=N–C) groups is 1. The van der Waals surface area contributed by atoms with E-state index in [4.69, 9.17) is 9.26 Å². The van der Waals surface area contributed by atoms with Crippen molar-refractivity contribution in [3.63, 3.8) is 0 Å². The van der Waals surface area contributed by atoms with E-state index in [0.29, 0.717) is 12.0 Å². The van der Waals surface area contributed by atoms with Gasteiger partial charge in [-0.15, -0.1) is 24.0 Å². The fourth-order valence-electron chi connectivity index (χ4n) is 2.92. The number of halogens is 1. The molecule has 0 bridgehead atoms. The molecule has 0 radical (unpaired) electrons. The number of likely N-dealkylation sites (tertiary alicyclic amines) is 1. The molecule has 0 aromatic carbocycles. The fraction of sp³-hybridized carbons (Fsp3) is 0.692. The lowest BCUT2D eigenvalue weighted by Gasteiger charge is -2.24. The van der Waals surface area contributed by atoms with Crippen LogP contribution >= 0.6 is 24.0 Å². The zero-order valence-electron chi connectivity index (χ0n) is 11.7. The molecule has 2 saturated heterocycles. The molecule has 20 heavy (non-hydrogen) atoms. The minimum absolute atomic E-state index is 0. The first-order valence-corrected chi connectivity index (χ1v) is 6.74. The van der Waals surface area contributed by atoms with E-state index in [1.54, 1.807) is 6.26 Å². The minimum Gasteiger partial charge on any atom is -0.381 e. The highest BCUT2D eigenvalue weighted by Gasteiger charge is 2.42. The predicted octanol–water partition coefficient (Wildman–Crippen LogP) is 1.48. The Labute approximate surface area is 135 Å². The van der Waals surface area contributed by atoms with E-state index in [-0.39, 0.29) is 24.0 Å². The van der Waals surface area contributed by atoms with Crippen molar-refractivity contribution in [3.8, 4) is 0 Å². The van der Waals surface area contributed by atoms with Gasteiger partial charge in [0.2, 0.25) is 0 Å². The Balaban J connectivity index is 0.00000147. The smallest absolute Gasteiger partial charge is 0.193 e. The lowest BCUT2D eigenvalue weighted by Crippen LogP contribution is -2.41. The van der Waals surface area contributed by atoms with Crippen molar-refractivity contribution in [2.24, 2.45) is 10.4 Å². The molecule has 2 fully saturated rings. The Morgan fingerprint density at radius 2 is 2.45 bits per heavy atom. The highest BCUT2D eigenvalue weighted by Crippen LogP contribution is 2.38. The van der Waals surface area contributed by atoms with Gasteiger partial charge in [0.05, 0.1) is 13.2 Å². The number of nitrogens with one attached hydrogen (secondary N) is 1. The van der Waals surface area contributed by atoms with Gasteiger partial charge in [0.1, 0.15) is 12.0 Å². The van der Waals surface area contributed by atoms with Crippen molar-refractivity contribution in [1.29, 1.82) is 0 Å². The van der Waals surface area contributed by atoms with E-state index in [1.807, 2.05) is 13.1 Å². The Morgan fingerprint density at radius 1 is 1.55 bits per heavy atom. The molecule has 112 valence electrons. The van der Waals surface area contributed by atoms with Gasteiger partial charge in [0, 0.05) is 38.2 Å². The van der Waals surface area contributed by atoms with Crippen LogP contribution in [0.25, 0.3) is 0 Å². The van der Waals surface area contributed by atoms with E-state index in [2.05, 4.69) is 20.4 Å². The molecule has 0 saturated carbocycles. The van der Waals surface area contributed by atoms with Crippen molar-refractivity contribution >= 4 is 29.9 Å². The van der Waals surface area contributed by atoms with Gasteiger partial charge in [0.15, 0.2) is 5.96 Å². The van der Waals surface area contributed by atoms with Gasteiger partial charge in [-0.25, -0.2) is 0 Å². The van der Waals surface area contributed by atoms with Crippen LogP contribution in [0.5, 0.6) is 0 Å². The Kier molecular flexibility index (Phi) is 5.25. The molecule has 3 rings (SSSR count). The maximum absolute atomic E-state index is 5.55. The van der Waals surface area contributed by atoms with E-state index in [1.165, 1.54) is 12.8 Å². The monoisotopic (exact) mass is 392 g/mol. The third-order valence-corrected chi connectivity index (χ3v) is 4.05. The standard InChI is InChI=1S/C13H20N4O2.HI/c1-14-12(15-8-11-2-6-19-16-11)17-5-3-13(9-17)4-7-18-10-13;/h2,6H,3-5,7-10H2,1H3,(H,14,15);1H. The van der Waals surface area contributed by atoms with Crippen LogP contribution in [-0.4, -0.2) is 49.4 Å². The van der Waals surface area contributed by atoms with Crippen LogP contribution in [0.1, 0.15) is 18.5 Å². The van der Waals surface area contributed by atoms with E-state index < -0.39 is 0 Å². The molecule has 1 atom stereocenters. The maximum atomic E-state index is 5.55. The fourth-order valence-corrected chi connectivity index (χ4v) is 2.92. The van der Waals surface area contributed by atoms with Crippen LogP contribution in [0.15, 0.2) is 21.8 Å². The molecule has 1 N–H and O–H groups in total. The van der Waals surface area contributed by atoms with Crippen molar-refractivity contribution in [2.75, 3.05) is 33.4 Å². The number of ether oxygens (including phenoxy) is 1. The minimum atomic E-state index is 0. The highest BCUT2D eigenvalue weighted by molar-refractivity contribution is 14.0. The zero-order valence-corrected chi connectivity index (χ0v) is 14.0. The number of aromatic nitrogens is 1. The van der Waals surface area contributed by atoms with Crippen molar-refractivity contribution in [1.82, 2.24) is 15.4 Å². The van der Waals surface area contributed by atoms with Crippen LogP contribution < -0.4 is 5.32 Å². The molecule has 1 aromatic heterocycles. The lowest BCUT2D eigenvalue weighted by atomic mass is 9.87. The molecular weight excluding hydrogens is 371 g/mol. The molecule has 6 nitrogen and oxygen atoms in total. The molecule has 1 aromatic rings. The third-order valence-electron chi connectivity index (χ3n) is 4.05.